The van der Waals surface area contributed by atoms with E-state index in [1.807, 2.05) is 0 Å². The third-order valence-corrected chi connectivity index (χ3v) is 4.85. The van der Waals surface area contributed by atoms with Crippen molar-refractivity contribution >= 4 is 15.9 Å². The molecule has 2 rings (SSSR count). The maximum absolute atomic E-state index is 3.77. The van der Waals surface area contributed by atoms with Gasteiger partial charge in [-0.2, -0.15) is 0 Å². The molecule has 3 heteroatoms. The van der Waals surface area contributed by atoms with Gasteiger partial charge in [0.1, 0.15) is 0 Å². The van der Waals surface area contributed by atoms with Crippen LogP contribution < -0.4 is 5.32 Å². The summed E-state index contributed by atoms with van der Waals surface area (Å²) < 4.78 is 1.26. The van der Waals surface area contributed by atoms with Crippen molar-refractivity contribution in [2.45, 2.75) is 39.3 Å². The van der Waals surface area contributed by atoms with Gasteiger partial charge in [-0.1, -0.05) is 28.1 Å². The van der Waals surface area contributed by atoms with E-state index in [4.69, 9.17) is 0 Å². The summed E-state index contributed by atoms with van der Waals surface area (Å²) in [7, 11) is 2.05. The van der Waals surface area contributed by atoms with Gasteiger partial charge in [0.15, 0.2) is 0 Å². The molecule has 1 aromatic carbocycles. The first-order valence-electron chi connectivity index (χ1n) is 7.21. The molecule has 1 aliphatic heterocycles. The van der Waals surface area contributed by atoms with Crippen LogP contribution in [-0.4, -0.2) is 31.1 Å². The van der Waals surface area contributed by atoms with E-state index < -0.39 is 0 Å². The van der Waals surface area contributed by atoms with Gasteiger partial charge < -0.3 is 5.32 Å². The van der Waals surface area contributed by atoms with Crippen LogP contribution in [0.25, 0.3) is 0 Å². The largest absolute Gasteiger partial charge is 0.319 e. The van der Waals surface area contributed by atoms with Crippen LogP contribution in [0.1, 0.15) is 37.4 Å². The molecule has 1 saturated heterocycles. The quantitative estimate of drug-likeness (QED) is 0.907. The minimum Gasteiger partial charge on any atom is -0.319 e. The lowest BCUT2D eigenvalue weighted by Crippen LogP contribution is -2.34. The van der Waals surface area contributed by atoms with Crippen LogP contribution in [0, 0.1) is 12.8 Å². The van der Waals surface area contributed by atoms with Crippen molar-refractivity contribution in [1.29, 1.82) is 0 Å². The first-order valence-corrected chi connectivity index (χ1v) is 8.00. The number of hydrogen-bond donors (Lipinski definition) is 1. The molecule has 1 aliphatic rings. The van der Waals surface area contributed by atoms with Crippen molar-refractivity contribution < 1.29 is 0 Å². The molecular weight excluding hydrogens is 300 g/mol. The molecule has 1 fully saturated rings. The molecule has 1 heterocycles. The topological polar surface area (TPSA) is 15.3 Å². The fourth-order valence-electron chi connectivity index (χ4n) is 3.24. The maximum atomic E-state index is 3.77. The van der Waals surface area contributed by atoms with E-state index in [1.54, 1.807) is 0 Å². The Kier molecular flexibility index (Phi) is 5.04. The van der Waals surface area contributed by atoms with Crippen LogP contribution in [0.5, 0.6) is 0 Å². The van der Waals surface area contributed by atoms with Crippen molar-refractivity contribution in [3.63, 3.8) is 0 Å². The minimum absolute atomic E-state index is 0.530. The number of hydrogen-bond acceptors (Lipinski definition) is 2. The fraction of sp³-hybridized carbons (Fsp3) is 0.625. The van der Waals surface area contributed by atoms with E-state index in [0.29, 0.717) is 18.0 Å². The Morgan fingerprint density at radius 2 is 2.16 bits per heavy atom. The highest BCUT2D eigenvalue weighted by Crippen LogP contribution is 2.41. The van der Waals surface area contributed by atoms with Crippen molar-refractivity contribution in [3.8, 4) is 0 Å². The first-order chi connectivity index (χ1) is 9.04. The SMILES string of the molecule is CNCC1CCN(C(C)C)C1c1ccc(C)cc1Br. The molecule has 106 valence electrons. The zero-order valence-electron chi connectivity index (χ0n) is 12.4. The monoisotopic (exact) mass is 324 g/mol. The van der Waals surface area contributed by atoms with Crippen LogP contribution in [-0.2, 0) is 0 Å². The van der Waals surface area contributed by atoms with E-state index in [2.05, 4.69) is 72.2 Å². The molecule has 1 N–H and O–H groups in total. The van der Waals surface area contributed by atoms with Crippen LogP contribution in [0.15, 0.2) is 22.7 Å². The summed E-state index contributed by atoms with van der Waals surface area (Å²) in [6.45, 7) is 9.05. The number of likely N-dealkylation sites (tertiary alicyclic amines) is 1. The van der Waals surface area contributed by atoms with Gasteiger partial charge in [-0.05, 0) is 70.4 Å². The number of rotatable bonds is 4. The number of aryl methyl sites for hydroxylation is 1. The van der Waals surface area contributed by atoms with Gasteiger partial charge in [-0.15, -0.1) is 0 Å². The maximum Gasteiger partial charge on any atom is 0.0402 e. The average Bonchev–Trinajstić information content (AvgIpc) is 2.73. The summed E-state index contributed by atoms with van der Waals surface area (Å²) in [4.78, 5) is 2.64. The number of halogens is 1. The molecule has 0 aromatic heterocycles. The predicted molar refractivity (Wildman–Crippen MR) is 85.5 cm³/mol. The minimum atomic E-state index is 0.530. The molecule has 2 nitrogen and oxygen atoms in total. The Morgan fingerprint density at radius 3 is 2.74 bits per heavy atom. The standard InChI is InChI=1S/C16H25BrN2/c1-11(2)19-8-7-13(10-18-4)16(19)14-6-5-12(3)9-15(14)17/h5-6,9,11,13,16,18H,7-8,10H2,1-4H3. The van der Waals surface area contributed by atoms with Crippen LogP contribution in [0.2, 0.25) is 0 Å². The smallest absolute Gasteiger partial charge is 0.0402 e. The van der Waals surface area contributed by atoms with Crippen molar-refractivity contribution in [2.24, 2.45) is 5.92 Å². The molecule has 2 atom stereocenters. The van der Waals surface area contributed by atoms with Gasteiger partial charge in [-0.25, -0.2) is 0 Å². The molecule has 0 bridgehead atoms. The Hall–Kier alpha value is -0.380. The van der Waals surface area contributed by atoms with Crippen LogP contribution in [0.4, 0.5) is 0 Å². The third-order valence-electron chi connectivity index (χ3n) is 4.17. The van der Waals surface area contributed by atoms with Gasteiger partial charge in [-0.3, -0.25) is 4.90 Å². The molecule has 0 aliphatic carbocycles. The summed E-state index contributed by atoms with van der Waals surface area (Å²) in [6.07, 6.45) is 1.28. The van der Waals surface area contributed by atoms with E-state index in [0.717, 1.165) is 6.54 Å². The highest BCUT2D eigenvalue weighted by molar-refractivity contribution is 9.10. The molecule has 0 amide bonds. The number of nitrogens with one attached hydrogen (secondary N) is 1. The lowest BCUT2D eigenvalue weighted by molar-refractivity contribution is 0.182. The van der Waals surface area contributed by atoms with E-state index in [9.17, 15) is 0 Å². The average molecular weight is 325 g/mol. The normalized spacial score (nSPS) is 24.3. The molecule has 0 spiro atoms. The van der Waals surface area contributed by atoms with E-state index in [1.165, 1.54) is 28.6 Å². The molecule has 2 unspecified atom stereocenters. The number of benzene rings is 1. The Bertz CT molecular complexity index is 431. The number of nitrogens with zero attached hydrogens (tertiary/aromatic N) is 1. The zero-order chi connectivity index (χ0) is 14.0. The van der Waals surface area contributed by atoms with Gasteiger partial charge in [0.2, 0.25) is 0 Å². The second kappa shape index (κ2) is 6.38. The Labute approximate surface area is 125 Å². The van der Waals surface area contributed by atoms with E-state index >= 15 is 0 Å². The van der Waals surface area contributed by atoms with Crippen molar-refractivity contribution in [2.75, 3.05) is 20.1 Å². The van der Waals surface area contributed by atoms with Gasteiger partial charge in [0.05, 0.1) is 0 Å². The van der Waals surface area contributed by atoms with E-state index in [-0.39, 0.29) is 0 Å². The third kappa shape index (κ3) is 3.21. The lowest BCUT2D eigenvalue weighted by atomic mass is 9.92. The zero-order valence-corrected chi connectivity index (χ0v) is 14.0. The predicted octanol–water partition coefficient (Wildman–Crippen LogP) is 3.75. The Balaban J connectivity index is 2.34. The summed E-state index contributed by atoms with van der Waals surface area (Å²) in [5, 5.41) is 3.36. The second-order valence-electron chi connectivity index (χ2n) is 5.91. The highest BCUT2D eigenvalue weighted by atomic mass is 79.9. The summed E-state index contributed by atoms with van der Waals surface area (Å²) >= 11 is 3.77. The molecule has 1 aromatic rings. The summed E-state index contributed by atoms with van der Waals surface area (Å²) in [6, 6.07) is 7.89. The van der Waals surface area contributed by atoms with Crippen LogP contribution in [0.3, 0.4) is 0 Å². The summed E-state index contributed by atoms with van der Waals surface area (Å²) in [5.41, 5.74) is 2.76. The van der Waals surface area contributed by atoms with Gasteiger partial charge in [0.25, 0.3) is 0 Å². The first kappa shape index (κ1) is 15.0. The summed E-state index contributed by atoms with van der Waals surface area (Å²) in [5.74, 6) is 0.700. The van der Waals surface area contributed by atoms with Crippen LogP contribution >= 0.6 is 15.9 Å². The van der Waals surface area contributed by atoms with Gasteiger partial charge in [0, 0.05) is 16.6 Å². The lowest BCUT2D eigenvalue weighted by Gasteiger charge is -2.32. The van der Waals surface area contributed by atoms with Crippen molar-refractivity contribution in [3.05, 3.63) is 33.8 Å². The highest BCUT2D eigenvalue weighted by Gasteiger charge is 2.36. The fourth-order valence-corrected chi connectivity index (χ4v) is 3.97. The Morgan fingerprint density at radius 1 is 1.42 bits per heavy atom. The molecule has 0 radical (unpaired) electrons. The van der Waals surface area contributed by atoms with Crippen molar-refractivity contribution in [1.82, 2.24) is 10.2 Å². The molecule has 0 saturated carbocycles. The van der Waals surface area contributed by atoms with Gasteiger partial charge >= 0.3 is 0 Å². The molecular formula is C16H25BrN2. The second-order valence-corrected chi connectivity index (χ2v) is 6.76. The molecule has 19 heavy (non-hydrogen) atoms.